The fraction of sp³-hybridized carbons (Fsp3) is 0.268. The molecule has 1 fully saturated rings. The number of aromatic nitrogens is 8. The van der Waals surface area contributed by atoms with E-state index in [1.165, 1.54) is 61.2 Å². The minimum absolute atomic E-state index is 0.00299. The van der Waals surface area contributed by atoms with Crippen LogP contribution in [-0.4, -0.2) is 65.4 Å². The molecule has 3 aromatic carbocycles. The van der Waals surface area contributed by atoms with E-state index < -0.39 is 87.7 Å². The fourth-order valence-corrected chi connectivity index (χ4v) is 9.15. The Morgan fingerprint density at radius 1 is 1.02 bits per heavy atom. The second-order valence-corrected chi connectivity index (χ2v) is 17.7. The summed E-state index contributed by atoms with van der Waals surface area (Å²) in [6.07, 6.45) is -1.52. The Balaban J connectivity index is 1.26. The van der Waals surface area contributed by atoms with Crippen LogP contribution in [0, 0.1) is 17.6 Å². The lowest BCUT2D eigenvalue weighted by atomic mass is 10.0. The molecule has 0 spiro atoms. The summed E-state index contributed by atoms with van der Waals surface area (Å²) >= 11 is 6.62. The summed E-state index contributed by atoms with van der Waals surface area (Å²) in [4.78, 5) is 54.7. The maximum Gasteiger partial charge on any atom is 0.293 e. The van der Waals surface area contributed by atoms with Crippen molar-refractivity contribution < 1.29 is 44.3 Å². The van der Waals surface area contributed by atoms with Crippen LogP contribution < -0.4 is 15.6 Å². The molecule has 15 nitrogen and oxygen atoms in total. The first-order valence-electron chi connectivity index (χ1n) is 19.3. The van der Waals surface area contributed by atoms with Gasteiger partial charge in [0.1, 0.15) is 41.1 Å². The second-order valence-electron chi connectivity index (χ2n) is 15.6. The molecule has 1 saturated carbocycles. The van der Waals surface area contributed by atoms with Crippen molar-refractivity contribution in [3.8, 4) is 17.1 Å². The molecule has 9 rings (SSSR count). The van der Waals surface area contributed by atoms with E-state index in [0.717, 1.165) is 23.0 Å². The number of amides is 1. The van der Waals surface area contributed by atoms with Crippen molar-refractivity contribution >= 4 is 60.9 Å². The molecule has 4 heterocycles. The molecule has 64 heavy (non-hydrogen) atoms. The zero-order valence-corrected chi connectivity index (χ0v) is 34.9. The lowest BCUT2D eigenvalue weighted by Gasteiger charge is -2.24. The molecule has 7 aromatic rings. The van der Waals surface area contributed by atoms with Crippen LogP contribution in [0.25, 0.3) is 38.9 Å². The molecule has 0 aliphatic heterocycles. The molecule has 2 aliphatic carbocycles. The van der Waals surface area contributed by atoms with Gasteiger partial charge in [-0.3, -0.25) is 33.0 Å². The summed E-state index contributed by atoms with van der Waals surface area (Å²) in [5.41, 5.74) is -2.47. The van der Waals surface area contributed by atoms with Gasteiger partial charge in [0.25, 0.3) is 17.9 Å². The maximum atomic E-state index is 15.5. The number of rotatable bonds is 12. The van der Waals surface area contributed by atoms with E-state index in [2.05, 4.69) is 30.2 Å². The molecule has 1 amide bonds. The SMILES string of the molecule is CC(=O)c1ccnc(-c2ccc3c(=O)n(-c4ccc(Cl)c5c(NS(C)(=O)=O)nn(C)c45)c([C@H](Cc4cc(F)cc(F)c4)NC(=O)Cn4nc(C(F)F)c5c4C(F)(F)[C@@H]4C[C@H]54)nc3c2)n1. The van der Waals surface area contributed by atoms with Gasteiger partial charge in [-0.25, -0.2) is 40.9 Å². The Kier molecular flexibility index (Phi) is 10.2. The second kappa shape index (κ2) is 15.2. The number of nitrogens with one attached hydrogen (secondary N) is 2. The standard InChI is InChI=1S/C41H31ClF6N10O5S/c1-17(59)26-8-9-49-37(51-26)19-4-5-22-27(13-19)52-39(58(40(22)61)29-7-6-25(42)32-34(29)56(2)54-38(32)55-64(3,62)63)28(12-18-10-20(43)14-21(44)11-18)50-30(60)16-57-35-31(33(53-57)36(45)46)23-15-24(23)41(35,47)48/h4-11,13-14,23-24,28,36H,12,15-16H2,1-3H3,(H,50,60)(H,54,55)/t23-,24+,28-/m0/s1. The maximum absolute atomic E-state index is 15.5. The molecule has 3 atom stereocenters. The van der Waals surface area contributed by atoms with Crippen molar-refractivity contribution in [1.29, 1.82) is 0 Å². The van der Waals surface area contributed by atoms with E-state index in [1.54, 1.807) is 0 Å². The van der Waals surface area contributed by atoms with E-state index in [0.29, 0.717) is 10.7 Å². The number of sulfonamides is 1. The molecule has 0 bridgehead atoms. The number of Topliss-reactive ketones (excluding diaryl/α,β-unsaturated/α-hetero) is 1. The third kappa shape index (κ3) is 7.42. The highest BCUT2D eigenvalue weighted by molar-refractivity contribution is 7.92. The smallest absolute Gasteiger partial charge is 0.293 e. The predicted molar refractivity (Wildman–Crippen MR) is 219 cm³/mol. The van der Waals surface area contributed by atoms with E-state index in [9.17, 15) is 35.6 Å². The molecule has 2 N–H and O–H groups in total. The number of carbonyl (C=O) groups is 2. The number of alkyl halides is 4. The fourth-order valence-electron chi connectivity index (χ4n) is 8.41. The highest BCUT2D eigenvalue weighted by atomic mass is 35.5. The summed E-state index contributed by atoms with van der Waals surface area (Å²) in [5.74, 6) is -9.56. The van der Waals surface area contributed by atoms with Crippen molar-refractivity contribution in [2.75, 3.05) is 11.0 Å². The summed E-state index contributed by atoms with van der Waals surface area (Å²) in [6, 6.07) is 9.39. The van der Waals surface area contributed by atoms with Crippen LogP contribution in [0.5, 0.6) is 0 Å². The number of anilines is 1. The zero-order chi connectivity index (χ0) is 45.7. The van der Waals surface area contributed by atoms with Crippen molar-refractivity contribution in [2.24, 2.45) is 13.0 Å². The first-order valence-corrected chi connectivity index (χ1v) is 21.5. The van der Waals surface area contributed by atoms with Gasteiger partial charge in [0.15, 0.2) is 17.4 Å². The lowest BCUT2D eigenvalue weighted by Crippen LogP contribution is -2.38. The molecular formula is C41H31ClF6N10O5S. The van der Waals surface area contributed by atoms with Crippen molar-refractivity contribution in [3.63, 3.8) is 0 Å². The Labute approximate surface area is 362 Å². The third-order valence-corrected chi connectivity index (χ3v) is 12.0. The van der Waals surface area contributed by atoms with Crippen molar-refractivity contribution in [3.05, 3.63) is 122 Å². The summed E-state index contributed by atoms with van der Waals surface area (Å²) in [6.45, 7) is 0.292. The molecule has 0 unspecified atom stereocenters. The Morgan fingerprint density at radius 3 is 2.44 bits per heavy atom. The van der Waals surface area contributed by atoms with Crippen LogP contribution in [-0.2, 0) is 40.8 Å². The Morgan fingerprint density at radius 2 is 1.75 bits per heavy atom. The first kappa shape index (κ1) is 42.6. The van der Waals surface area contributed by atoms with Crippen molar-refractivity contribution in [2.45, 2.75) is 50.6 Å². The quantitative estimate of drug-likeness (QED) is 0.0989. The van der Waals surface area contributed by atoms with Gasteiger partial charge >= 0.3 is 0 Å². The highest BCUT2D eigenvalue weighted by Crippen LogP contribution is 2.68. The summed E-state index contributed by atoms with van der Waals surface area (Å²) < 4.78 is 119. The molecule has 0 saturated heterocycles. The Bertz CT molecular complexity index is 3300. The van der Waals surface area contributed by atoms with Gasteiger partial charge in [0.05, 0.1) is 44.8 Å². The molecule has 23 heteroatoms. The normalized spacial score (nSPS) is 16.9. The number of hydrogen-bond donors (Lipinski definition) is 2. The molecule has 4 aromatic heterocycles. The topological polar surface area (TPSA) is 189 Å². The summed E-state index contributed by atoms with van der Waals surface area (Å²) in [5, 5.41) is 10.7. The third-order valence-electron chi connectivity index (χ3n) is 11.1. The number of carbonyl (C=O) groups excluding carboxylic acids is 2. The number of halogens is 7. The van der Waals surface area contributed by atoms with E-state index in [-0.39, 0.29) is 84.6 Å². The first-order chi connectivity index (χ1) is 30.2. The average molecular weight is 925 g/mol. The number of hydrogen-bond acceptors (Lipinski definition) is 10. The number of nitrogens with zero attached hydrogens (tertiary/aromatic N) is 8. The van der Waals surface area contributed by atoms with E-state index in [1.807, 2.05) is 0 Å². The summed E-state index contributed by atoms with van der Waals surface area (Å²) in [7, 11) is -2.51. The minimum atomic E-state index is -3.94. The Hall–Kier alpha value is -6.68. The number of benzene rings is 3. The van der Waals surface area contributed by atoms with Gasteiger partial charge < -0.3 is 5.32 Å². The van der Waals surface area contributed by atoms with Crippen LogP contribution in [0.2, 0.25) is 5.02 Å². The minimum Gasteiger partial charge on any atom is -0.344 e. The number of ketones is 1. The van der Waals surface area contributed by atoms with Crippen LogP contribution in [0.1, 0.15) is 70.6 Å². The van der Waals surface area contributed by atoms with Gasteiger partial charge in [-0.15, -0.1) is 0 Å². The van der Waals surface area contributed by atoms with Gasteiger partial charge in [-0.1, -0.05) is 17.7 Å². The highest BCUT2D eigenvalue weighted by Gasteiger charge is 2.67. The number of aryl methyl sites for hydroxylation is 1. The predicted octanol–water partition coefficient (Wildman–Crippen LogP) is 6.68. The van der Waals surface area contributed by atoms with E-state index in [4.69, 9.17) is 16.6 Å². The molecule has 0 radical (unpaired) electrons. The monoisotopic (exact) mass is 924 g/mol. The molecule has 2 aliphatic rings. The van der Waals surface area contributed by atoms with Crippen LogP contribution in [0.3, 0.4) is 0 Å². The van der Waals surface area contributed by atoms with Gasteiger partial charge in [-0.05, 0) is 60.4 Å². The van der Waals surface area contributed by atoms with Crippen LogP contribution in [0.15, 0.2) is 65.6 Å². The van der Waals surface area contributed by atoms with E-state index >= 15 is 13.6 Å². The average Bonchev–Trinajstić information content (AvgIpc) is 3.75. The number of fused-ring (bicyclic) bond motifs is 5. The van der Waals surface area contributed by atoms with Gasteiger partial charge in [0, 0.05) is 49.7 Å². The van der Waals surface area contributed by atoms with Crippen LogP contribution in [0.4, 0.5) is 32.2 Å². The van der Waals surface area contributed by atoms with Crippen molar-refractivity contribution in [1.82, 2.24) is 44.4 Å². The van der Waals surface area contributed by atoms with Crippen LogP contribution >= 0.6 is 11.6 Å². The van der Waals surface area contributed by atoms with Gasteiger partial charge in [0.2, 0.25) is 15.9 Å². The molecule has 330 valence electrons. The van der Waals surface area contributed by atoms with Gasteiger partial charge in [-0.2, -0.15) is 19.0 Å². The molecular weight excluding hydrogens is 894 g/mol. The zero-order valence-electron chi connectivity index (χ0n) is 33.4. The lowest BCUT2D eigenvalue weighted by molar-refractivity contribution is -0.123. The largest absolute Gasteiger partial charge is 0.344 e.